The van der Waals surface area contributed by atoms with Gasteiger partial charge in [-0.1, -0.05) is 12.1 Å². The van der Waals surface area contributed by atoms with Gasteiger partial charge in [0.2, 0.25) is 0 Å². The molecule has 1 rings (SSSR count). The van der Waals surface area contributed by atoms with Crippen LogP contribution in [0.25, 0.3) is 0 Å². The van der Waals surface area contributed by atoms with Gasteiger partial charge >= 0.3 is 0 Å². The number of hydrogen-bond acceptors (Lipinski definition) is 3. The largest absolute Gasteiger partial charge is 0.318 e. The standard InChI is InChI=1S/C8H9ClNO3P/c1-13-14(10,12)7-4-2-3-6(5-7)8(9)11/h2-5H,1H3,(H2,10,12). The van der Waals surface area contributed by atoms with Gasteiger partial charge in [-0.25, -0.2) is 0 Å². The summed E-state index contributed by atoms with van der Waals surface area (Å²) in [6.45, 7) is 0. The zero-order valence-corrected chi connectivity index (χ0v) is 9.09. The van der Waals surface area contributed by atoms with Crippen molar-refractivity contribution < 1.29 is 13.9 Å². The molecule has 2 N–H and O–H groups in total. The van der Waals surface area contributed by atoms with Crippen LogP contribution < -0.4 is 10.8 Å². The van der Waals surface area contributed by atoms with Crippen molar-refractivity contribution in [3.05, 3.63) is 29.8 Å². The molecule has 1 unspecified atom stereocenters. The lowest BCUT2D eigenvalue weighted by atomic mass is 10.2. The third kappa shape index (κ3) is 2.42. The third-order valence-corrected chi connectivity index (χ3v) is 3.46. The van der Waals surface area contributed by atoms with E-state index in [1.807, 2.05) is 0 Å². The molecule has 1 aromatic carbocycles. The van der Waals surface area contributed by atoms with Crippen molar-refractivity contribution >= 4 is 29.7 Å². The van der Waals surface area contributed by atoms with Crippen LogP contribution in [0, 0.1) is 0 Å². The molecule has 0 aliphatic rings. The molecule has 14 heavy (non-hydrogen) atoms. The summed E-state index contributed by atoms with van der Waals surface area (Å²) in [6.07, 6.45) is 0. The SMILES string of the molecule is COP(N)(=O)c1cccc(C(=O)Cl)c1. The van der Waals surface area contributed by atoms with E-state index in [-0.39, 0.29) is 10.9 Å². The highest BCUT2D eigenvalue weighted by Crippen LogP contribution is 2.34. The fourth-order valence-corrected chi connectivity index (χ4v) is 1.87. The third-order valence-electron chi connectivity index (χ3n) is 1.70. The number of halogens is 1. The van der Waals surface area contributed by atoms with Crippen LogP contribution in [0.5, 0.6) is 0 Å². The summed E-state index contributed by atoms with van der Waals surface area (Å²) >= 11 is 5.26. The van der Waals surface area contributed by atoms with Gasteiger partial charge in [-0.15, -0.1) is 0 Å². The number of hydrogen-bond donors (Lipinski definition) is 1. The van der Waals surface area contributed by atoms with E-state index in [1.165, 1.54) is 25.3 Å². The molecule has 0 aliphatic carbocycles. The van der Waals surface area contributed by atoms with Crippen LogP contribution in [-0.4, -0.2) is 12.4 Å². The van der Waals surface area contributed by atoms with Crippen molar-refractivity contribution in [1.29, 1.82) is 0 Å². The van der Waals surface area contributed by atoms with Crippen molar-refractivity contribution in [2.24, 2.45) is 5.50 Å². The summed E-state index contributed by atoms with van der Waals surface area (Å²) in [6, 6.07) is 5.94. The van der Waals surface area contributed by atoms with Crippen molar-refractivity contribution in [3.8, 4) is 0 Å². The van der Waals surface area contributed by atoms with Crippen LogP contribution in [0.2, 0.25) is 0 Å². The van der Waals surface area contributed by atoms with Crippen molar-refractivity contribution in [2.75, 3.05) is 7.11 Å². The van der Waals surface area contributed by atoms with Crippen molar-refractivity contribution in [1.82, 2.24) is 0 Å². The highest BCUT2D eigenvalue weighted by Gasteiger charge is 2.19. The van der Waals surface area contributed by atoms with Crippen LogP contribution in [0.4, 0.5) is 0 Å². The molecular weight excluding hydrogens is 225 g/mol. The second-order valence-electron chi connectivity index (χ2n) is 2.60. The van der Waals surface area contributed by atoms with Crippen LogP contribution >= 0.6 is 19.1 Å². The molecule has 0 amide bonds. The highest BCUT2D eigenvalue weighted by atomic mass is 35.5. The molecule has 0 radical (unpaired) electrons. The van der Waals surface area contributed by atoms with Crippen molar-refractivity contribution in [2.45, 2.75) is 0 Å². The Balaban J connectivity index is 3.19. The van der Waals surface area contributed by atoms with Gasteiger partial charge in [0, 0.05) is 12.7 Å². The molecular formula is C8H9ClNO3P. The molecule has 6 heteroatoms. The fourth-order valence-electron chi connectivity index (χ4n) is 0.927. The van der Waals surface area contributed by atoms with E-state index in [9.17, 15) is 9.36 Å². The van der Waals surface area contributed by atoms with E-state index in [0.717, 1.165) is 0 Å². The summed E-state index contributed by atoms with van der Waals surface area (Å²) in [7, 11) is -2.06. The van der Waals surface area contributed by atoms with Gasteiger partial charge in [-0.2, -0.15) is 0 Å². The zero-order valence-electron chi connectivity index (χ0n) is 7.44. The minimum atomic E-state index is -3.30. The summed E-state index contributed by atoms with van der Waals surface area (Å²) in [4.78, 5) is 10.8. The quantitative estimate of drug-likeness (QED) is 0.634. The molecule has 4 nitrogen and oxygen atoms in total. The Hall–Kier alpha value is -0.670. The van der Waals surface area contributed by atoms with Gasteiger partial charge in [0.15, 0.2) is 0 Å². The maximum Gasteiger partial charge on any atom is 0.296 e. The minimum Gasteiger partial charge on any atom is -0.318 e. The summed E-state index contributed by atoms with van der Waals surface area (Å²) in [5, 5.41) is -0.352. The first kappa shape index (κ1) is 11.4. The zero-order chi connectivity index (χ0) is 10.8. The first-order valence-corrected chi connectivity index (χ1v) is 5.79. The average Bonchev–Trinajstić information content (AvgIpc) is 2.18. The molecule has 0 saturated heterocycles. The topological polar surface area (TPSA) is 69.4 Å². The lowest BCUT2D eigenvalue weighted by Crippen LogP contribution is -2.13. The molecule has 1 aromatic rings. The van der Waals surface area contributed by atoms with E-state index in [2.05, 4.69) is 4.52 Å². The second kappa shape index (κ2) is 4.24. The molecule has 76 valence electrons. The van der Waals surface area contributed by atoms with Gasteiger partial charge in [-0.05, 0) is 23.7 Å². The lowest BCUT2D eigenvalue weighted by Gasteiger charge is -2.10. The molecule has 0 saturated carbocycles. The molecule has 0 aliphatic heterocycles. The fraction of sp³-hybridized carbons (Fsp3) is 0.125. The summed E-state index contributed by atoms with van der Waals surface area (Å²) < 4.78 is 16.2. The van der Waals surface area contributed by atoms with Gasteiger partial charge in [0.25, 0.3) is 12.8 Å². The predicted octanol–water partition coefficient (Wildman–Crippen LogP) is 1.49. The molecule has 0 heterocycles. The lowest BCUT2D eigenvalue weighted by molar-refractivity contribution is 0.108. The van der Waals surface area contributed by atoms with E-state index in [1.54, 1.807) is 6.07 Å². The first-order chi connectivity index (χ1) is 6.47. The molecule has 0 aromatic heterocycles. The molecule has 0 fully saturated rings. The second-order valence-corrected chi connectivity index (χ2v) is 5.02. The Labute approximate surface area is 86.5 Å². The van der Waals surface area contributed by atoms with Gasteiger partial charge < -0.3 is 4.52 Å². The smallest absolute Gasteiger partial charge is 0.296 e. The van der Waals surface area contributed by atoms with Gasteiger partial charge in [-0.3, -0.25) is 14.9 Å². The van der Waals surface area contributed by atoms with Crippen LogP contribution in [0.1, 0.15) is 10.4 Å². The Kier molecular flexibility index (Phi) is 3.45. The van der Waals surface area contributed by atoms with E-state index >= 15 is 0 Å². The summed E-state index contributed by atoms with van der Waals surface area (Å²) in [5.74, 6) is 0. The minimum absolute atomic E-state index is 0.242. The average molecular weight is 234 g/mol. The van der Waals surface area contributed by atoms with E-state index in [4.69, 9.17) is 17.1 Å². The maximum atomic E-state index is 11.6. The maximum absolute atomic E-state index is 11.6. The Morgan fingerprint density at radius 3 is 2.71 bits per heavy atom. The van der Waals surface area contributed by atoms with Crippen molar-refractivity contribution in [3.63, 3.8) is 0 Å². The molecule has 0 bridgehead atoms. The Bertz CT molecular complexity index is 407. The highest BCUT2D eigenvalue weighted by molar-refractivity contribution is 7.64. The van der Waals surface area contributed by atoms with Crippen LogP contribution in [0.3, 0.4) is 0 Å². The normalized spacial score (nSPS) is 14.8. The monoisotopic (exact) mass is 233 g/mol. The number of carbonyl (C=O) groups is 1. The Morgan fingerprint density at radius 1 is 1.57 bits per heavy atom. The number of carbonyl (C=O) groups excluding carboxylic acids is 1. The van der Waals surface area contributed by atoms with E-state index in [0.29, 0.717) is 0 Å². The number of rotatable bonds is 3. The Morgan fingerprint density at radius 2 is 2.21 bits per heavy atom. The number of benzene rings is 1. The first-order valence-electron chi connectivity index (χ1n) is 3.72. The summed E-state index contributed by atoms with van der Waals surface area (Å²) in [5.41, 5.74) is 5.63. The number of nitrogens with two attached hydrogens (primary N) is 1. The van der Waals surface area contributed by atoms with Gasteiger partial charge in [0.1, 0.15) is 0 Å². The molecule has 1 atom stereocenters. The van der Waals surface area contributed by atoms with Crippen LogP contribution in [-0.2, 0) is 9.09 Å². The van der Waals surface area contributed by atoms with Crippen LogP contribution in [0.15, 0.2) is 24.3 Å². The van der Waals surface area contributed by atoms with Gasteiger partial charge in [0.05, 0.1) is 5.30 Å². The van der Waals surface area contributed by atoms with E-state index < -0.39 is 12.8 Å². The predicted molar refractivity (Wildman–Crippen MR) is 55.1 cm³/mol. The molecule has 0 spiro atoms.